The molecule has 4 rings (SSSR count). The lowest BCUT2D eigenvalue weighted by molar-refractivity contribution is 0.0709. The van der Waals surface area contributed by atoms with Crippen molar-refractivity contribution < 1.29 is 18.4 Å². The molecule has 1 saturated heterocycles. The fourth-order valence-electron chi connectivity index (χ4n) is 3.42. The van der Waals surface area contributed by atoms with E-state index in [2.05, 4.69) is 10.1 Å². The van der Waals surface area contributed by atoms with Crippen molar-refractivity contribution in [3.05, 3.63) is 65.3 Å². The molecule has 1 atom stereocenters. The van der Waals surface area contributed by atoms with Gasteiger partial charge in [-0.05, 0) is 38.0 Å². The van der Waals surface area contributed by atoms with Crippen LogP contribution in [0.4, 0.5) is 4.39 Å². The van der Waals surface area contributed by atoms with E-state index in [1.807, 2.05) is 31.2 Å². The molecule has 144 valence electrons. The second-order valence-corrected chi connectivity index (χ2v) is 6.83. The average Bonchev–Trinajstić information content (AvgIpc) is 3.37. The molecule has 28 heavy (non-hydrogen) atoms. The molecule has 0 aliphatic carbocycles. The molecule has 1 fully saturated rings. The lowest BCUT2D eigenvalue weighted by Gasteiger charge is -2.22. The third kappa shape index (κ3) is 3.35. The van der Waals surface area contributed by atoms with Gasteiger partial charge in [0.1, 0.15) is 6.04 Å². The Morgan fingerprint density at radius 1 is 1.25 bits per heavy atom. The van der Waals surface area contributed by atoms with Crippen molar-refractivity contribution in [3.63, 3.8) is 0 Å². The lowest BCUT2D eigenvalue weighted by Crippen LogP contribution is -2.30. The number of likely N-dealkylation sites (tertiary alicyclic amines) is 1. The van der Waals surface area contributed by atoms with E-state index in [4.69, 9.17) is 9.26 Å². The minimum absolute atomic E-state index is 0.106. The van der Waals surface area contributed by atoms with Crippen molar-refractivity contribution >= 4 is 5.91 Å². The average molecular weight is 381 g/mol. The smallest absolute Gasteiger partial charge is 0.254 e. The Morgan fingerprint density at radius 2 is 2.04 bits per heavy atom. The van der Waals surface area contributed by atoms with E-state index >= 15 is 0 Å². The molecule has 1 aliphatic heterocycles. The van der Waals surface area contributed by atoms with Crippen molar-refractivity contribution in [2.75, 3.05) is 13.7 Å². The molecule has 6 nitrogen and oxygen atoms in total. The zero-order chi connectivity index (χ0) is 19.7. The minimum Gasteiger partial charge on any atom is -0.494 e. The summed E-state index contributed by atoms with van der Waals surface area (Å²) in [7, 11) is 1.39. The van der Waals surface area contributed by atoms with Crippen LogP contribution in [-0.4, -0.2) is 34.6 Å². The van der Waals surface area contributed by atoms with Gasteiger partial charge in [-0.3, -0.25) is 4.79 Å². The highest BCUT2D eigenvalue weighted by Gasteiger charge is 2.34. The van der Waals surface area contributed by atoms with Gasteiger partial charge in [-0.25, -0.2) is 4.39 Å². The number of carbonyl (C=O) groups excluding carboxylic acids is 1. The molecule has 2 aromatic carbocycles. The quantitative estimate of drug-likeness (QED) is 0.678. The fraction of sp³-hybridized carbons (Fsp3) is 0.286. The van der Waals surface area contributed by atoms with Gasteiger partial charge in [0, 0.05) is 17.7 Å². The summed E-state index contributed by atoms with van der Waals surface area (Å²) in [5.41, 5.74) is 2.27. The number of amides is 1. The van der Waals surface area contributed by atoms with Gasteiger partial charge >= 0.3 is 0 Å². The summed E-state index contributed by atoms with van der Waals surface area (Å²) in [6.07, 6.45) is 1.54. The number of hydrogen-bond donors (Lipinski definition) is 0. The molecule has 1 unspecified atom stereocenters. The van der Waals surface area contributed by atoms with Crippen molar-refractivity contribution in [3.8, 4) is 17.1 Å². The Hall–Kier alpha value is -3.22. The van der Waals surface area contributed by atoms with E-state index in [0.29, 0.717) is 18.3 Å². The Kier molecular flexibility index (Phi) is 4.81. The standard InChI is InChI=1S/C21H20FN3O3/c1-13-5-7-14(8-6-13)19-23-20(28-24-19)17-4-3-11-25(17)21(26)15-9-10-18(27-2)16(22)12-15/h5-10,12,17H,3-4,11H2,1-2H3. The van der Waals surface area contributed by atoms with Crippen LogP contribution in [0.2, 0.25) is 0 Å². The molecule has 1 aromatic heterocycles. The predicted molar refractivity (Wildman–Crippen MR) is 100 cm³/mol. The number of rotatable bonds is 4. The van der Waals surface area contributed by atoms with E-state index in [1.165, 1.54) is 19.2 Å². The third-order valence-corrected chi connectivity index (χ3v) is 4.95. The van der Waals surface area contributed by atoms with Crippen molar-refractivity contribution in [1.82, 2.24) is 15.0 Å². The zero-order valence-corrected chi connectivity index (χ0v) is 15.7. The van der Waals surface area contributed by atoms with Gasteiger partial charge in [-0.15, -0.1) is 0 Å². The first kappa shape index (κ1) is 18.2. The van der Waals surface area contributed by atoms with Gasteiger partial charge in [0.15, 0.2) is 11.6 Å². The van der Waals surface area contributed by atoms with Crippen LogP contribution >= 0.6 is 0 Å². The first-order valence-electron chi connectivity index (χ1n) is 9.12. The largest absolute Gasteiger partial charge is 0.494 e. The van der Waals surface area contributed by atoms with Crippen molar-refractivity contribution in [2.24, 2.45) is 0 Å². The molecule has 0 spiro atoms. The van der Waals surface area contributed by atoms with E-state index in [-0.39, 0.29) is 23.3 Å². The van der Waals surface area contributed by atoms with E-state index in [9.17, 15) is 9.18 Å². The first-order valence-corrected chi connectivity index (χ1v) is 9.12. The number of hydrogen-bond acceptors (Lipinski definition) is 5. The van der Waals surface area contributed by atoms with Crippen LogP contribution in [0, 0.1) is 12.7 Å². The van der Waals surface area contributed by atoms with Gasteiger partial charge in [-0.1, -0.05) is 35.0 Å². The van der Waals surface area contributed by atoms with Crippen LogP contribution in [0.15, 0.2) is 47.0 Å². The monoisotopic (exact) mass is 381 g/mol. The maximum atomic E-state index is 14.0. The Labute approximate surface area is 161 Å². The van der Waals surface area contributed by atoms with E-state index in [0.717, 1.165) is 24.0 Å². The second-order valence-electron chi connectivity index (χ2n) is 6.83. The summed E-state index contributed by atoms with van der Waals surface area (Å²) in [5.74, 6) is 0.164. The number of benzene rings is 2. The molecule has 3 aromatic rings. The summed E-state index contributed by atoms with van der Waals surface area (Å²) >= 11 is 0. The summed E-state index contributed by atoms with van der Waals surface area (Å²) in [4.78, 5) is 19.1. The van der Waals surface area contributed by atoms with Crippen LogP contribution in [0.25, 0.3) is 11.4 Å². The molecule has 1 amide bonds. The fourth-order valence-corrected chi connectivity index (χ4v) is 3.42. The molecule has 7 heteroatoms. The van der Waals surface area contributed by atoms with Crippen LogP contribution in [-0.2, 0) is 0 Å². The molecule has 0 saturated carbocycles. The highest BCUT2D eigenvalue weighted by atomic mass is 19.1. The number of nitrogens with zero attached hydrogens (tertiary/aromatic N) is 3. The molecule has 1 aliphatic rings. The summed E-state index contributed by atoms with van der Waals surface area (Å²) in [6.45, 7) is 2.56. The summed E-state index contributed by atoms with van der Waals surface area (Å²) < 4.78 is 24.4. The Bertz CT molecular complexity index is 1000. The van der Waals surface area contributed by atoms with Crippen LogP contribution in [0.3, 0.4) is 0 Å². The second kappa shape index (κ2) is 7.42. The number of methoxy groups -OCH3 is 1. The molecule has 2 heterocycles. The number of carbonyl (C=O) groups is 1. The number of aryl methyl sites for hydroxylation is 1. The third-order valence-electron chi connectivity index (χ3n) is 4.95. The van der Waals surface area contributed by atoms with Gasteiger partial charge in [0.2, 0.25) is 11.7 Å². The molecular weight excluding hydrogens is 361 g/mol. The highest BCUT2D eigenvalue weighted by molar-refractivity contribution is 5.94. The zero-order valence-electron chi connectivity index (χ0n) is 15.7. The van der Waals surface area contributed by atoms with E-state index < -0.39 is 5.82 Å². The molecular formula is C21H20FN3O3. The lowest BCUT2D eigenvalue weighted by atomic mass is 10.1. The Balaban J connectivity index is 1.57. The van der Waals surface area contributed by atoms with Gasteiger partial charge in [-0.2, -0.15) is 4.98 Å². The first-order chi connectivity index (χ1) is 13.6. The maximum absolute atomic E-state index is 14.0. The number of aromatic nitrogens is 2. The topological polar surface area (TPSA) is 68.5 Å². The van der Waals surface area contributed by atoms with Gasteiger partial charge in [0.05, 0.1) is 7.11 Å². The summed E-state index contributed by atoms with van der Waals surface area (Å²) in [6, 6.07) is 11.7. The van der Waals surface area contributed by atoms with Gasteiger partial charge < -0.3 is 14.2 Å². The van der Waals surface area contributed by atoms with E-state index in [1.54, 1.807) is 11.0 Å². The normalized spacial score (nSPS) is 16.4. The molecule has 0 radical (unpaired) electrons. The number of ether oxygens (including phenoxy) is 1. The highest BCUT2D eigenvalue weighted by Crippen LogP contribution is 2.33. The SMILES string of the molecule is COc1ccc(C(=O)N2CCCC2c2nc(-c3ccc(C)cc3)no2)cc1F. The van der Waals surface area contributed by atoms with Crippen LogP contribution in [0.1, 0.15) is 40.7 Å². The minimum atomic E-state index is -0.566. The molecule has 0 bridgehead atoms. The van der Waals surface area contributed by atoms with Crippen LogP contribution in [0.5, 0.6) is 5.75 Å². The van der Waals surface area contributed by atoms with Crippen LogP contribution < -0.4 is 4.74 Å². The Morgan fingerprint density at radius 3 is 2.75 bits per heavy atom. The van der Waals surface area contributed by atoms with Gasteiger partial charge in [0.25, 0.3) is 5.91 Å². The molecule has 0 N–H and O–H groups in total. The maximum Gasteiger partial charge on any atom is 0.254 e. The van der Waals surface area contributed by atoms with Crippen molar-refractivity contribution in [2.45, 2.75) is 25.8 Å². The summed E-state index contributed by atoms with van der Waals surface area (Å²) in [5, 5.41) is 4.06. The van der Waals surface area contributed by atoms with Crippen molar-refractivity contribution in [1.29, 1.82) is 0 Å². The number of halogens is 1. The predicted octanol–water partition coefficient (Wildman–Crippen LogP) is 4.17.